The molecule has 0 radical (unpaired) electrons. The van der Waals surface area contributed by atoms with Gasteiger partial charge in [-0.3, -0.25) is 4.98 Å². The molecular weight excluding hydrogens is 253 g/mol. The van der Waals surface area contributed by atoms with Crippen molar-refractivity contribution in [3.63, 3.8) is 0 Å². The van der Waals surface area contributed by atoms with Crippen molar-refractivity contribution in [1.29, 1.82) is 0 Å². The summed E-state index contributed by atoms with van der Waals surface area (Å²) in [5.74, 6) is 0.443. The van der Waals surface area contributed by atoms with Crippen LogP contribution in [0.4, 0.5) is 4.39 Å². The van der Waals surface area contributed by atoms with E-state index in [1.54, 1.807) is 25.4 Å². The molecule has 104 valence electrons. The highest BCUT2D eigenvalue weighted by Crippen LogP contribution is 2.23. The van der Waals surface area contributed by atoms with Crippen molar-refractivity contribution < 1.29 is 9.13 Å². The summed E-state index contributed by atoms with van der Waals surface area (Å²) in [5.41, 5.74) is 3.26. The van der Waals surface area contributed by atoms with E-state index in [1.165, 1.54) is 6.08 Å². The molecule has 1 aromatic carbocycles. The van der Waals surface area contributed by atoms with Crippen molar-refractivity contribution in [2.24, 2.45) is 0 Å². The number of halogens is 1. The van der Waals surface area contributed by atoms with Gasteiger partial charge in [-0.25, -0.2) is 4.39 Å². The van der Waals surface area contributed by atoms with Crippen molar-refractivity contribution in [3.05, 3.63) is 58.9 Å². The highest BCUT2D eigenvalue weighted by molar-refractivity contribution is 5.77. The van der Waals surface area contributed by atoms with E-state index >= 15 is 0 Å². The molecule has 1 heterocycles. The van der Waals surface area contributed by atoms with Gasteiger partial charge in [0.15, 0.2) is 0 Å². The second-order valence-electron chi connectivity index (χ2n) is 4.65. The zero-order valence-electron chi connectivity index (χ0n) is 12.0. The smallest absolute Gasteiger partial charge is 0.132 e. The van der Waals surface area contributed by atoms with Crippen molar-refractivity contribution >= 4 is 11.9 Å². The monoisotopic (exact) mass is 271 g/mol. The maximum Gasteiger partial charge on any atom is 0.132 e. The van der Waals surface area contributed by atoms with Gasteiger partial charge in [0.1, 0.15) is 11.6 Å². The first-order valence-electron chi connectivity index (χ1n) is 6.60. The van der Waals surface area contributed by atoms with E-state index in [9.17, 15) is 4.39 Å². The third-order valence-corrected chi connectivity index (χ3v) is 3.11. The molecule has 2 rings (SSSR count). The van der Waals surface area contributed by atoms with Crippen molar-refractivity contribution in [3.8, 4) is 5.75 Å². The van der Waals surface area contributed by atoms with Crippen LogP contribution in [0.15, 0.2) is 36.5 Å². The Morgan fingerprint density at radius 1 is 1.30 bits per heavy atom. The molecule has 0 aliphatic rings. The van der Waals surface area contributed by atoms with Crippen LogP contribution in [0.1, 0.15) is 29.3 Å². The average molecular weight is 271 g/mol. The fourth-order valence-electron chi connectivity index (χ4n) is 1.93. The number of methoxy groups -OCH3 is 1. The van der Waals surface area contributed by atoms with Crippen LogP contribution in [-0.4, -0.2) is 12.1 Å². The van der Waals surface area contributed by atoms with Crippen LogP contribution < -0.4 is 4.74 Å². The number of rotatable bonds is 4. The lowest BCUT2D eigenvalue weighted by atomic mass is 10.1. The Labute approximate surface area is 118 Å². The van der Waals surface area contributed by atoms with E-state index in [4.69, 9.17) is 4.74 Å². The third kappa shape index (κ3) is 3.44. The Morgan fingerprint density at radius 3 is 2.70 bits per heavy atom. The summed E-state index contributed by atoms with van der Waals surface area (Å²) in [7, 11) is 1.61. The Bertz CT molecular complexity index is 595. The van der Waals surface area contributed by atoms with Crippen LogP contribution in [0.2, 0.25) is 0 Å². The molecule has 20 heavy (non-hydrogen) atoms. The standard InChI is InChI=1S/C17H18FNO/c1-4-13-7-14(9-16(8-13)20-3)10-17(18)15-6-5-12(2)19-11-15/h5-11H,4H2,1-3H3/b17-10-. The molecular formula is C17H18FNO. The van der Waals surface area contributed by atoms with Gasteiger partial charge in [0.25, 0.3) is 0 Å². The lowest BCUT2D eigenvalue weighted by Crippen LogP contribution is -1.89. The van der Waals surface area contributed by atoms with Gasteiger partial charge in [0.2, 0.25) is 0 Å². The SMILES string of the molecule is CCc1cc(/C=C(\F)c2ccc(C)nc2)cc(OC)c1. The summed E-state index contributed by atoms with van der Waals surface area (Å²) in [6.45, 7) is 3.93. The minimum Gasteiger partial charge on any atom is -0.497 e. The molecule has 0 saturated carbocycles. The number of aryl methyl sites for hydroxylation is 2. The van der Waals surface area contributed by atoms with Crippen LogP contribution in [0, 0.1) is 6.92 Å². The summed E-state index contributed by atoms with van der Waals surface area (Å²) in [5, 5.41) is 0. The maximum atomic E-state index is 14.2. The lowest BCUT2D eigenvalue weighted by Gasteiger charge is -2.06. The van der Waals surface area contributed by atoms with E-state index in [0.29, 0.717) is 5.56 Å². The Morgan fingerprint density at radius 2 is 2.10 bits per heavy atom. The normalized spacial score (nSPS) is 11.5. The van der Waals surface area contributed by atoms with Gasteiger partial charge in [0, 0.05) is 17.5 Å². The molecule has 0 bridgehead atoms. The van der Waals surface area contributed by atoms with Crippen LogP contribution >= 0.6 is 0 Å². The molecule has 0 aliphatic heterocycles. The number of hydrogen-bond donors (Lipinski definition) is 0. The Kier molecular flexibility index (Phi) is 4.51. The molecule has 1 aromatic heterocycles. The number of nitrogens with zero attached hydrogens (tertiary/aromatic N) is 1. The van der Waals surface area contributed by atoms with Gasteiger partial charge in [-0.05, 0) is 54.8 Å². The molecule has 0 unspecified atom stereocenters. The Balaban J connectivity index is 2.35. The van der Waals surface area contributed by atoms with E-state index in [1.807, 2.05) is 25.1 Å². The lowest BCUT2D eigenvalue weighted by molar-refractivity contribution is 0.414. The predicted molar refractivity (Wildman–Crippen MR) is 80.3 cm³/mol. The number of benzene rings is 1. The fourth-order valence-corrected chi connectivity index (χ4v) is 1.93. The van der Waals surface area contributed by atoms with Gasteiger partial charge in [-0.15, -0.1) is 0 Å². The second kappa shape index (κ2) is 6.33. The number of ether oxygens (including phenoxy) is 1. The molecule has 0 spiro atoms. The average Bonchev–Trinajstić information content (AvgIpc) is 2.47. The molecule has 0 saturated heterocycles. The van der Waals surface area contributed by atoms with Crippen molar-refractivity contribution in [1.82, 2.24) is 4.98 Å². The quantitative estimate of drug-likeness (QED) is 0.820. The predicted octanol–water partition coefficient (Wildman–Crippen LogP) is 4.43. The first-order valence-corrected chi connectivity index (χ1v) is 6.60. The minimum absolute atomic E-state index is 0.298. The van der Waals surface area contributed by atoms with E-state index in [2.05, 4.69) is 11.9 Å². The van der Waals surface area contributed by atoms with Gasteiger partial charge >= 0.3 is 0 Å². The highest BCUT2D eigenvalue weighted by Gasteiger charge is 2.03. The molecule has 0 aliphatic carbocycles. The summed E-state index contributed by atoms with van der Waals surface area (Å²) >= 11 is 0. The zero-order chi connectivity index (χ0) is 14.5. The topological polar surface area (TPSA) is 22.1 Å². The first kappa shape index (κ1) is 14.3. The van der Waals surface area contributed by atoms with Gasteiger partial charge in [-0.1, -0.05) is 13.0 Å². The minimum atomic E-state index is -0.298. The highest BCUT2D eigenvalue weighted by atomic mass is 19.1. The van der Waals surface area contributed by atoms with Crippen molar-refractivity contribution in [2.75, 3.05) is 7.11 Å². The van der Waals surface area contributed by atoms with Crippen LogP contribution in [0.5, 0.6) is 5.75 Å². The number of hydrogen-bond acceptors (Lipinski definition) is 2. The van der Waals surface area contributed by atoms with Gasteiger partial charge in [0.05, 0.1) is 7.11 Å². The van der Waals surface area contributed by atoms with E-state index in [-0.39, 0.29) is 5.83 Å². The first-order chi connectivity index (χ1) is 9.62. The number of aromatic nitrogens is 1. The molecule has 3 heteroatoms. The van der Waals surface area contributed by atoms with E-state index in [0.717, 1.165) is 29.0 Å². The maximum absolute atomic E-state index is 14.2. The summed E-state index contributed by atoms with van der Waals surface area (Å²) in [4.78, 5) is 4.10. The van der Waals surface area contributed by atoms with Gasteiger partial charge in [-0.2, -0.15) is 0 Å². The third-order valence-electron chi connectivity index (χ3n) is 3.11. The second-order valence-corrected chi connectivity index (χ2v) is 4.65. The molecule has 0 N–H and O–H groups in total. The summed E-state index contributed by atoms with van der Waals surface area (Å²) in [6, 6.07) is 9.27. The summed E-state index contributed by atoms with van der Waals surface area (Å²) in [6.07, 6.45) is 3.93. The fraction of sp³-hybridized carbons (Fsp3) is 0.235. The zero-order valence-corrected chi connectivity index (χ0v) is 12.0. The number of pyridine rings is 1. The molecule has 0 atom stereocenters. The Hall–Kier alpha value is -2.16. The largest absolute Gasteiger partial charge is 0.497 e. The molecule has 0 fully saturated rings. The van der Waals surface area contributed by atoms with E-state index < -0.39 is 0 Å². The molecule has 0 amide bonds. The molecule has 2 aromatic rings. The summed E-state index contributed by atoms with van der Waals surface area (Å²) < 4.78 is 19.4. The molecule has 2 nitrogen and oxygen atoms in total. The van der Waals surface area contributed by atoms with Crippen LogP contribution in [0.3, 0.4) is 0 Å². The van der Waals surface area contributed by atoms with Crippen LogP contribution in [0.25, 0.3) is 11.9 Å². The van der Waals surface area contributed by atoms with Crippen molar-refractivity contribution in [2.45, 2.75) is 20.3 Å². The van der Waals surface area contributed by atoms with Crippen LogP contribution in [-0.2, 0) is 6.42 Å². The van der Waals surface area contributed by atoms with Gasteiger partial charge < -0.3 is 4.74 Å².